The third-order valence-electron chi connectivity index (χ3n) is 4.27. The van der Waals surface area contributed by atoms with Crippen LogP contribution in [0.5, 0.6) is 11.5 Å². The van der Waals surface area contributed by atoms with E-state index < -0.39 is 5.91 Å². The van der Waals surface area contributed by atoms with E-state index in [4.69, 9.17) is 25.5 Å². The largest absolute Gasteiger partial charge is 0.490 e. The van der Waals surface area contributed by atoms with Crippen LogP contribution in [0, 0.1) is 18.3 Å². The third-order valence-corrected chi connectivity index (χ3v) is 4.56. The van der Waals surface area contributed by atoms with Gasteiger partial charge in [0.2, 0.25) is 0 Å². The summed E-state index contributed by atoms with van der Waals surface area (Å²) in [5, 5.41) is 12.3. The molecule has 7 heteroatoms. The number of rotatable bonds is 9. The first-order valence-electron chi connectivity index (χ1n) is 9.59. The minimum absolute atomic E-state index is 0.0391. The van der Waals surface area contributed by atoms with Crippen LogP contribution in [-0.2, 0) is 11.3 Å². The minimum atomic E-state index is -0.497. The zero-order chi connectivity index (χ0) is 22.1. The molecule has 0 aliphatic rings. The molecule has 0 atom stereocenters. The Morgan fingerprint density at radius 1 is 1.16 bits per heavy atom. The van der Waals surface area contributed by atoms with Crippen molar-refractivity contribution in [1.82, 2.24) is 5.32 Å². The van der Waals surface area contributed by atoms with Crippen molar-refractivity contribution in [3.05, 3.63) is 88.3 Å². The predicted molar refractivity (Wildman–Crippen MR) is 118 cm³/mol. The molecule has 2 aromatic carbocycles. The van der Waals surface area contributed by atoms with Gasteiger partial charge in [0.1, 0.15) is 42.1 Å². The molecule has 0 fully saturated rings. The van der Waals surface area contributed by atoms with Crippen LogP contribution in [0.2, 0.25) is 5.02 Å². The standard InChI is InChI=1S/C24H21ClN2O4/c1-17-4-7-20(8-5-17)30-11-12-31-23-9-6-18(14-22(23)25)13-19(15-26)24(28)27-16-21-3-2-10-29-21/h2-10,13-14H,11-12,16H2,1H3,(H,27,28)/b19-13+. The number of benzene rings is 2. The molecule has 3 rings (SSSR count). The highest BCUT2D eigenvalue weighted by atomic mass is 35.5. The molecule has 6 nitrogen and oxygen atoms in total. The van der Waals surface area contributed by atoms with Crippen LogP contribution < -0.4 is 14.8 Å². The summed E-state index contributed by atoms with van der Waals surface area (Å²) in [6.45, 7) is 2.90. The van der Waals surface area contributed by atoms with E-state index in [-0.39, 0.29) is 12.1 Å². The second-order valence-corrected chi connectivity index (χ2v) is 7.04. The van der Waals surface area contributed by atoms with Crippen LogP contribution in [0.25, 0.3) is 6.08 Å². The first-order chi connectivity index (χ1) is 15.0. The molecule has 0 saturated carbocycles. The molecular weight excluding hydrogens is 416 g/mol. The van der Waals surface area contributed by atoms with Gasteiger partial charge in [-0.1, -0.05) is 35.4 Å². The van der Waals surface area contributed by atoms with Crippen molar-refractivity contribution < 1.29 is 18.7 Å². The lowest BCUT2D eigenvalue weighted by Crippen LogP contribution is -2.23. The fourth-order valence-electron chi connectivity index (χ4n) is 2.66. The van der Waals surface area contributed by atoms with Gasteiger partial charge in [-0.15, -0.1) is 0 Å². The van der Waals surface area contributed by atoms with E-state index in [1.807, 2.05) is 37.3 Å². The molecule has 0 bridgehead atoms. The van der Waals surface area contributed by atoms with Crippen molar-refractivity contribution in [1.29, 1.82) is 5.26 Å². The summed E-state index contributed by atoms with van der Waals surface area (Å²) in [5.41, 5.74) is 1.74. The number of aryl methyl sites for hydroxylation is 1. The van der Waals surface area contributed by atoms with Gasteiger partial charge in [0.05, 0.1) is 17.8 Å². The average molecular weight is 437 g/mol. The van der Waals surface area contributed by atoms with Crippen LogP contribution in [0.3, 0.4) is 0 Å². The van der Waals surface area contributed by atoms with Gasteiger partial charge in [-0.25, -0.2) is 0 Å². The summed E-state index contributed by atoms with van der Waals surface area (Å²) in [4.78, 5) is 12.2. The normalized spacial score (nSPS) is 10.9. The lowest BCUT2D eigenvalue weighted by Gasteiger charge is -2.10. The fourth-order valence-corrected chi connectivity index (χ4v) is 2.90. The minimum Gasteiger partial charge on any atom is -0.490 e. The molecule has 0 saturated heterocycles. The number of nitrogens with one attached hydrogen (secondary N) is 1. The summed E-state index contributed by atoms with van der Waals surface area (Å²) in [5.74, 6) is 1.37. The quantitative estimate of drug-likeness (QED) is 0.292. The molecule has 0 aliphatic heterocycles. The Balaban J connectivity index is 1.53. The molecule has 158 valence electrons. The molecule has 0 spiro atoms. The van der Waals surface area contributed by atoms with Gasteiger partial charge < -0.3 is 19.2 Å². The molecule has 1 heterocycles. The fraction of sp³-hybridized carbons (Fsp3) is 0.167. The molecule has 1 N–H and O–H groups in total. The highest BCUT2D eigenvalue weighted by Crippen LogP contribution is 2.26. The molecule has 1 amide bonds. The lowest BCUT2D eigenvalue weighted by molar-refractivity contribution is -0.117. The van der Waals surface area contributed by atoms with E-state index in [0.29, 0.717) is 35.3 Å². The maximum absolute atomic E-state index is 12.2. The molecular formula is C24H21ClN2O4. The number of nitrogens with zero attached hydrogens (tertiary/aromatic N) is 1. The Hall–Kier alpha value is -3.69. The van der Waals surface area contributed by atoms with E-state index in [2.05, 4.69) is 5.32 Å². The maximum atomic E-state index is 12.2. The zero-order valence-corrected chi connectivity index (χ0v) is 17.7. The molecule has 31 heavy (non-hydrogen) atoms. The number of hydrogen-bond donors (Lipinski definition) is 1. The second-order valence-electron chi connectivity index (χ2n) is 6.63. The first-order valence-corrected chi connectivity index (χ1v) is 9.97. The van der Waals surface area contributed by atoms with Gasteiger partial charge in [0, 0.05) is 0 Å². The van der Waals surface area contributed by atoms with Gasteiger partial charge in [-0.05, 0) is 55.0 Å². The highest BCUT2D eigenvalue weighted by Gasteiger charge is 2.10. The van der Waals surface area contributed by atoms with Gasteiger partial charge in [0.15, 0.2) is 0 Å². The topological polar surface area (TPSA) is 84.5 Å². The average Bonchev–Trinajstić information content (AvgIpc) is 3.29. The van der Waals surface area contributed by atoms with Crippen molar-refractivity contribution in [2.24, 2.45) is 0 Å². The number of furan rings is 1. The van der Waals surface area contributed by atoms with Crippen LogP contribution in [0.4, 0.5) is 0 Å². The van der Waals surface area contributed by atoms with E-state index in [9.17, 15) is 10.1 Å². The Bertz CT molecular complexity index is 1080. The molecule has 0 unspecified atom stereocenters. The summed E-state index contributed by atoms with van der Waals surface area (Å²) in [6.07, 6.45) is 2.98. The van der Waals surface area contributed by atoms with Crippen LogP contribution >= 0.6 is 11.6 Å². The summed E-state index contributed by atoms with van der Waals surface area (Å²) >= 11 is 6.29. The number of amides is 1. The lowest BCUT2D eigenvalue weighted by atomic mass is 10.1. The van der Waals surface area contributed by atoms with Gasteiger partial charge in [-0.2, -0.15) is 5.26 Å². The summed E-state index contributed by atoms with van der Waals surface area (Å²) < 4.78 is 16.4. The van der Waals surface area contributed by atoms with Crippen molar-refractivity contribution in [3.8, 4) is 17.6 Å². The monoisotopic (exact) mass is 436 g/mol. The van der Waals surface area contributed by atoms with Crippen LogP contribution in [0.15, 0.2) is 70.9 Å². The highest BCUT2D eigenvalue weighted by molar-refractivity contribution is 6.32. The smallest absolute Gasteiger partial charge is 0.262 e. The van der Waals surface area contributed by atoms with E-state index >= 15 is 0 Å². The van der Waals surface area contributed by atoms with Crippen molar-refractivity contribution in [2.75, 3.05) is 13.2 Å². The van der Waals surface area contributed by atoms with Gasteiger partial charge in [0.25, 0.3) is 5.91 Å². The number of ether oxygens (including phenoxy) is 2. The predicted octanol–water partition coefficient (Wildman–Crippen LogP) is 4.92. The van der Waals surface area contributed by atoms with Gasteiger partial charge >= 0.3 is 0 Å². The zero-order valence-electron chi connectivity index (χ0n) is 16.9. The number of hydrogen-bond acceptors (Lipinski definition) is 5. The van der Waals surface area contributed by atoms with Crippen molar-refractivity contribution in [3.63, 3.8) is 0 Å². The molecule has 1 aromatic heterocycles. The number of carbonyl (C=O) groups is 1. The van der Waals surface area contributed by atoms with Crippen LogP contribution in [-0.4, -0.2) is 19.1 Å². The molecule has 0 aliphatic carbocycles. The van der Waals surface area contributed by atoms with E-state index in [1.54, 1.807) is 30.3 Å². The number of nitriles is 1. The van der Waals surface area contributed by atoms with Crippen molar-refractivity contribution >= 4 is 23.6 Å². The van der Waals surface area contributed by atoms with Gasteiger partial charge in [-0.3, -0.25) is 4.79 Å². The Morgan fingerprint density at radius 2 is 1.94 bits per heavy atom. The van der Waals surface area contributed by atoms with E-state index in [0.717, 1.165) is 5.75 Å². The third kappa shape index (κ3) is 6.66. The maximum Gasteiger partial charge on any atom is 0.262 e. The number of carbonyl (C=O) groups excluding carboxylic acids is 1. The number of halogens is 1. The van der Waals surface area contributed by atoms with E-state index in [1.165, 1.54) is 17.9 Å². The molecule has 3 aromatic rings. The Kier molecular flexibility index (Phi) is 7.74. The Morgan fingerprint density at radius 3 is 2.61 bits per heavy atom. The first kappa shape index (κ1) is 22.0. The van der Waals surface area contributed by atoms with Crippen LogP contribution in [0.1, 0.15) is 16.9 Å². The molecule has 0 radical (unpaired) electrons. The summed E-state index contributed by atoms with van der Waals surface area (Å²) in [6, 6.07) is 18.2. The SMILES string of the molecule is Cc1ccc(OCCOc2ccc(/C=C(\C#N)C(=O)NCc3ccco3)cc2Cl)cc1. The second kappa shape index (κ2) is 10.9. The van der Waals surface area contributed by atoms with Crippen molar-refractivity contribution in [2.45, 2.75) is 13.5 Å². The Labute approximate surface area is 185 Å². The summed E-state index contributed by atoms with van der Waals surface area (Å²) in [7, 11) is 0.